The fourth-order valence-corrected chi connectivity index (χ4v) is 2.44. The van der Waals surface area contributed by atoms with Crippen molar-refractivity contribution >= 4 is 28.6 Å². The van der Waals surface area contributed by atoms with E-state index in [-0.39, 0.29) is 0 Å². The van der Waals surface area contributed by atoms with Crippen LogP contribution in [0.3, 0.4) is 0 Å². The van der Waals surface area contributed by atoms with Crippen LogP contribution < -0.4 is 4.90 Å². The molecule has 0 N–H and O–H groups in total. The van der Waals surface area contributed by atoms with Gasteiger partial charge in [0.1, 0.15) is 5.82 Å². The summed E-state index contributed by atoms with van der Waals surface area (Å²) in [5.74, 6) is 1.04. The zero-order valence-electron chi connectivity index (χ0n) is 11.8. The van der Waals surface area contributed by atoms with Crippen molar-refractivity contribution in [1.29, 1.82) is 0 Å². The molecule has 0 aliphatic carbocycles. The highest BCUT2D eigenvalue weighted by molar-refractivity contribution is 7.98. The Morgan fingerprint density at radius 2 is 1.84 bits per heavy atom. The van der Waals surface area contributed by atoms with Gasteiger partial charge < -0.3 is 4.90 Å². The first-order valence-electron chi connectivity index (χ1n) is 6.79. The standard InChI is InChI=1S/C12H14N4S.C2H6/c1-17-12-13-8-9-4-5-10(14-11(9)15-12)16-6-2-3-7-16;1-2/h4-5,8H,2-3,6-7H2,1H3;1-2H3. The van der Waals surface area contributed by atoms with Gasteiger partial charge in [0.25, 0.3) is 0 Å². The van der Waals surface area contributed by atoms with E-state index in [4.69, 9.17) is 0 Å². The Bertz CT molecular complexity index is 538. The molecule has 1 aliphatic heterocycles. The first-order chi connectivity index (χ1) is 9.36. The van der Waals surface area contributed by atoms with Crippen LogP contribution in [-0.2, 0) is 0 Å². The molecule has 0 unspecified atom stereocenters. The van der Waals surface area contributed by atoms with Crippen molar-refractivity contribution in [3.05, 3.63) is 18.3 Å². The van der Waals surface area contributed by atoms with Gasteiger partial charge in [-0.15, -0.1) is 0 Å². The van der Waals surface area contributed by atoms with Crippen LogP contribution in [0.25, 0.3) is 11.0 Å². The highest BCUT2D eigenvalue weighted by atomic mass is 32.2. The van der Waals surface area contributed by atoms with Gasteiger partial charge in [0.05, 0.1) is 0 Å². The first kappa shape index (κ1) is 14.1. The number of hydrogen-bond donors (Lipinski definition) is 0. The molecule has 0 bridgehead atoms. The first-order valence-corrected chi connectivity index (χ1v) is 8.02. The molecule has 3 heterocycles. The summed E-state index contributed by atoms with van der Waals surface area (Å²) in [6.07, 6.45) is 6.35. The molecule has 0 amide bonds. The maximum absolute atomic E-state index is 4.63. The summed E-state index contributed by atoms with van der Waals surface area (Å²) in [6, 6.07) is 4.12. The number of anilines is 1. The smallest absolute Gasteiger partial charge is 0.189 e. The summed E-state index contributed by atoms with van der Waals surface area (Å²) in [5, 5.41) is 1.79. The molecule has 0 aromatic carbocycles. The van der Waals surface area contributed by atoms with Crippen molar-refractivity contribution in [3.8, 4) is 0 Å². The topological polar surface area (TPSA) is 41.9 Å². The minimum absolute atomic E-state index is 0.781. The SMILES string of the molecule is CC.CSc1ncc2ccc(N3CCCC3)nc2n1. The minimum atomic E-state index is 0.781. The quantitative estimate of drug-likeness (QED) is 0.621. The molecule has 5 heteroatoms. The van der Waals surface area contributed by atoms with E-state index >= 15 is 0 Å². The molecule has 1 aliphatic rings. The molecule has 1 saturated heterocycles. The minimum Gasteiger partial charge on any atom is -0.357 e. The highest BCUT2D eigenvalue weighted by Gasteiger charge is 2.14. The number of thioether (sulfide) groups is 1. The summed E-state index contributed by atoms with van der Waals surface area (Å²) in [4.78, 5) is 15.6. The van der Waals surface area contributed by atoms with Gasteiger partial charge in [-0.2, -0.15) is 0 Å². The van der Waals surface area contributed by atoms with Crippen LogP contribution in [0, 0.1) is 0 Å². The predicted octanol–water partition coefficient (Wildman–Crippen LogP) is 3.37. The number of nitrogens with zero attached hydrogens (tertiary/aromatic N) is 4. The molecular formula is C14H20N4S. The monoisotopic (exact) mass is 276 g/mol. The zero-order chi connectivity index (χ0) is 13.7. The van der Waals surface area contributed by atoms with E-state index in [1.807, 2.05) is 26.3 Å². The molecule has 0 atom stereocenters. The molecule has 0 spiro atoms. The Kier molecular flexibility index (Phi) is 4.96. The third-order valence-corrected chi connectivity index (χ3v) is 3.58. The lowest BCUT2D eigenvalue weighted by molar-refractivity contribution is 0.931. The number of hydrogen-bond acceptors (Lipinski definition) is 5. The van der Waals surface area contributed by atoms with Crippen LogP contribution >= 0.6 is 11.8 Å². The number of pyridine rings is 1. The van der Waals surface area contributed by atoms with Crippen LogP contribution in [0.5, 0.6) is 0 Å². The average molecular weight is 276 g/mol. The number of rotatable bonds is 2. The second kappa shape index (κ2) is 6.70. The van der Waals surface area contributed by atoms with Gasteiger partial charge in [0, 0.05) is 24.7 Å². The van der Waals surface area contributed by atoms with Gasteiger partial charge in [-0.25, -0.2) is 15.0 Å². The Morgan fingerprint density at radius 3 is 2.53 bits per heavy atom. The Labute approximate surface area is 118 Å². The lowest BCUT2D eigenvalue weighted by Crippen LogP contribution is -2.18. The summed E-state index contributed by atoms with van der Waals surface area (Å²) in [6.45, 7) is 6.22. The molecule has 4 nitrogen and oxygen atoms in total. The van der Waals surface area contributed by atoms with E-state index in [1.54, 1.807) is 11.8 Å². The van der Waals surface area contributed by atoms with Crippen molar-refractivity contribution in [1.82, 2.24) is 15.0 Å². The lowest BCUT2D eigenvalue weighted by atomic mass is 10.3. The third-order valence-electron chi connectivity index (χ3n) is 3.02. The second-order valence-electron chi connectivity index (χ2n) is 4.13. The summed E-state index contributed by atoms with van der Waals surface area (Å²) in [7, 11) is 0. The zero-order valence-corrected chi connectivity index (χ0v) is 12.6. The molecular weight excluding hydrogens is 256 g/mol. The average Bonchev–Trinajstić information content (AvgIpc) is 3.02. The fraction of sp³-hybridized carbons (Fsp3) is 0.500. The second-order valence-corrected chi connectivity index (χ2v) is 4.91. The number of aromatic nitrogens is 3. The Hall–Kier alpha value is -1.36. The summed E-state index contributed by atoms with van der Waals surface area (Å²) in [5.41, 5.74) is 0.800. The third kappa shape index (κ3) is 3.15. The van der Waals surface area contributed by atoms with E-state index in [2.05, 4.69) is 32.0 Å². The summed E-state index contributed by atoms with van der Waals surface area (Å²) < 4.78 is 0. The Balaban J connectivity index is 0.000000637. The van der Waals surface area contributed by atoms with Gasteiger partial charge in [-0.3, -0.25) is 0 Å². The van der Waals surface area contributed by atoms with Gasteiger partial charge >= 0.3 is 0 Å². The van der Waals surface area contributed by atoms with Crippen molar-refractivity contribution < 1.29 is 0 Å². The van der Waals surface area contributed by atoms with E-state index < -0.39 is 0 Å². The van der Waals surface area contributed by atoms with Gasteiger partial charge in [0.15, 0.2) is 10.8 Å². The summed E-state index contributed by atoms with van der Waals surface area (Å²) >= 11 is 1.55. The van der Waals surface area contributed by atoms with Crippen LogP contribution in [0.15, 0.2) is 23.5 Å². The molecule has 2 aromatic heterocycles. The van der Waals surface area contributed by atoms with Crippen molar-refractivity contribution in [2.24, 2.45) is 0 Å². The molecule has 19 heavy (non-hydrogen) atoms. The van der Waals surface area contributed by atoms with Gasteiger partial charge in [-0.05, 0) is 31.2 Å². The van der Waals surface area contributed by atoms with Gasteiger partial charge in [-0.1, -0.05) is 25.6 Å². The molecule has 2 aromatic rings. The maximum Gasteiger partial charge on any atom is 0.189 e. The Morgan fingerprint density at radius 1 is 1.11 bits per heavy atom. The molecule has 1 fully saturated rings. The van der Waals surface area contributed by atoms with Crippen LogP contribution in [0.4, 0.5) is 5.82 Å². The van der Waals surface area contributed by atoms with E-state index in [1.165, 1.54) is 12.8 Å². The maximum atomic E-state index is 4.63. The molecule has 3 rings (SSSR count). The molecule has 102 valence electrons. The molecule has 0 saturated carbocycles. The van der Waals surface area contributed by atoms with Gasteiger partial charge in [0.2, 0.25) is 0 Å². The number of fused-ring (bicyclic) bond motifs is 1. The highest BCUT2D eigenvalue weighted by Crippen LogP contribution is 2.21. The fourth-order valence-electron chi connectivity index (χ4n) is 2.10. The van der Waals surface area contributed by atoms with E-state index in [0.717, 1.165) is 35.1 Å². The van der Waals surface area contributed by atoms with Crippen molar-refractivity contribution in [3.63, 3.8) is 0 Å². The van der Waals surface area contributed by atoms with Crippen molar-refractivity contribution in [2.45, 2.75) is 31.8 Å². The van der Waals surface area contributed by atoms with Crippen LogP contribution in [0.1, 0.15) is 26.7 Å². The van der Waals surface area contributed by atoms with Crippen LogP contribution in [-0.4, -0.2) is 34.3 Å². The largest absolute Gasteiger partial charge is 0.357 e. The van der Waals surface area contributed by atoms with Crippen molar-refractivity contribution in [2.75, 3.05) is 24.2 Å². The van der Waals surface area contributed by atoms with Crippen LogP contribution in [0.2, 0.25) is 0 Å². The predicted molar refractivity (Wildman–Crippen MR) is 81.9 cm³/mol. The van der Waals surface area contributed by atoms with E-state index in [9.17, 15) is 0 Å². The lowest BCUT2D eigenvalue weighted by Gasteiger charge is -2.16. The normalized spacial score (nSPS) is 14.4. The van der Waals surface area contributed by atoms with E-state index in [0.29, 0.717) is 0 Å². The molecule has 0 radical (unpaired) electrons.